The van der Waals surface area contributed by atoms with E-state index in [1.165, 1.54) is 0 Å². The number of anilines is 1. The maximum atomic E-state index is 12.2. The van der Waals surface area contributed by atoms with Gasteiger partial charge in [0.2, 0.25) is 10.0 Å². The van der Waals surface area contributed by atoms with Crippen LogP contribution in [0, 0.1) is 6.92 Å². The Morgan fingerprint density at radius 2 is 1.94 bits per heavy atom. The molecule has 2 rings (SSSR count). The molecular weight excluding hydrogens is 272 g/mol. The van der Waals surface area contributed by atoms with Crippen molar-refractivity contribution in [2.75, 3.05) is 4.72 Å². The highest BCUT2D eigenvalue weighted by molar-refractivity contribution is 7.93. The number of aryl methyl sites for hydroxylation is 1. The molecule has 0 unspecified atom stereocenters. The lowest BCUT2D eigenvalue weighted by atomic mass is 10.0. The maximum absolute atomic E-state index is 12.2. The maximum Gasteiger partial charge on any atom is 0.235 e. The minimum Gasteiger partial charge on any atom is -0.281 e. The number of hydrogen-bond donors (Lipinski definition) is 1. The van der Waals surface area contributed by atoms with E-state index in [1.807, 2.05) is 0 Å². The van der Waals surface area contributed by atoms with Crippen LogP contribution >= 0.6 is 11.6 Å². The monoisotopic (exact) mass is 288 g/mol. The molecule has 0 aliphatic heterocycles. The minimum absolute atomic E-state index is 0.277. The second kappa shape index (κ2) is 5.45. The highest BCUT2D eigenvalue weighted by Crippen LogP contribution is 2.26. The van der Waals surface area contributed by atoms with Crippen molar-refractivity contribution in [2.24, 2.45) is 0 Å². The van der Waals surface area contributed by atoms with Crippen molar-refractivity contribution >= 4 is 27.3 Å². The molecule has 0 amide bonds. The summed E-state index contributed by atoms with van der Waals surface area (Å²) in [7, 11) is -3.30. The fourth-order valence-electron chi connectivity index (χ4n) is 2.25. The molecule has 6 heteroatoms. The molecule has 100 valence electrons. The molecule has 1 N–H and O–H groups in total. The fraction of sp³-hybridized carbons (Fsp3) is 0.583. The van der Waals surface area contributed by atoms with E-state index in [4.69, 9.17) is 11.6 Å². The smallest absolute Gasteiger partial charge is 0.235 e. The number of halogens is 1. The van der Waals surface area contributed by atoms with Gasteiger partial charge in [-0.1, -0.05) is 30.9 Å². The topological polar surface area (TPSA) is 59.1 Å². The van der Waals surface area contributed by atoms with E-state index in [9.17, 15) is 8.42 Å². The van der Waals surface area contributed by atoms with E-state index in [2.05, 4.69) is 9.71 Å². The summed E-state index contributed by atoms with van der Waals surface area (Å²) in [6.07, 6.45) is 4.60. The Labute approximate surface area is 113 Å². The van der Waals surface area contributed by atoms with Crippen molar-refractivity contribution in [1.29, 1.82) is 0 Å². The van der Waals surface area contributed by atoms with Crippen molar-refractivity contribution in [2.45, 2.75) is 44.3 Å². The van der Waals surface area contributed by atoms with E-state index in [0.717, 1.165) is 32.1 Å². The second-order valence-corrected chi connectivity index (χ2v) is 7.02. The van der Waals surface area contributed by atoms with Crippen LogP contribution in [-0.2, 0) is 10.0 Å². The van der Waals surface area contributed by atoms with E-state index < -0.39 is 10.0 Å². The predicted octanol–water partition coefficient (Wildman–Crippen LogP) is 3.12. The Morgan fingerprint density at radius 1 is 1.28 bits per heavy atom. The van der Waals surface area contributed by atoms with Gasteiger partial charge in [-0.05, 0) is 31.9 Å². The number of sulfonamides is 1. The number of hydrogen-bond acceptors (Lipinski definition) is 3. The van der Waals surface area contributed by atoms with Crippen molar-refractivity contribution < 1.29 is 8.42 Å². The highest BCUT2D eigenvalue weighted by atomic mass is 35.5. The molecule has 1 aromatic heterocycles. The second-order valence-electron chi connectivity index (χ2n) is 4.67. The number of aromatic nitrogens is 1. The average Bonchev–Trinajstić information content (AvgIpc) is 2.34. The third-order valence-electron chi connectivity index (χ3n) is 3.30. The first-order valence-corrected chi connectivity index (χ1v) is 8.06. The van der Waals surface area contributed by atoms with Crippen molar-refractivity contribution in [3.63, 3.8) is 0 Å². The van der Waals surface area contributed by atoms with Gasteiger partial charge >= 0.3 is 0 Å². The Bertz CT molecular complexity index is 525. The van der Waals surface area contributed by atoms with E-state index in [1.54, 1.807) is 19.1 Å². The van der Waals surface area contributed by atoms with Gasteiger partial charge in [-0.2, -0.15) is 0 Å². The zero-order valence-corrected chi connectivity index (χ0v) is 11.9. The summed E-state index contributed by atoms with van der Waals surface area (Å²) < 4.78 is 27.1. The van der Waals surface area contributed by atoms with Crippen LogP contribution in [0.3, 0.4) is 0 Å². The Hall–Kier alpha value is -0.810. The number of nitrogens with one attached hydrogen (secondary N) is 1. The lowest BCUT2D eigenvalue weighted by Gasteiger charge is -2.22. The highest BCUT2D eigenvalue weighted by Gasteiger charge is 2.27. The van der Waals surface area contributed by atoms with Crippen LogP contribution in [-0.4, -0.2) is 18.7 Å². The first kappa shape index (κ1) is 13.6. The van der Waals surface area contributed by atoms with Crippen LogP contribution in [0.5, 0.6) is 0 Å². The van der Waals surface area contributed by atoms with E-state index >= 15 is 0 Å². The normalized spacial score (nSPS) is 17.7. The molecule has 0 bridgehead atoms. The molecule has 1 aliphatic carbocycles. The molecule has 0 aromatic carbocycles. The summed E-state index contributed by atoms with van der Waals surface area (Å²) in [6, 6.07) is 3.25. The SMILES string of the molecule is Cc1nc(Cl)ccc1NS(=O)(=O)C1CCCCC1. The quantitative estimate of drug-likeness (QED) is 0.870. The van der Waals surface area contributed by atoms with Crippen LogP contribution in [0.4, 0.5) is 5.69 Å². The minimum atomic E-state index is -3.30. The van der Waals surface area contributed by atoms with E-state index in [0.29, 0.717) is 16.5 Å². The molecule has 1 saturated carbocycles. The first-order chi connectivity index (χ1) is 8.49. The Morgan fingerprint density at radius 3 is 2.56 bits per heavy atom. The molecule has 1 aliphatic rings. The number of rotatable bonds is 3. The third-order valence-corrected chi connectivity index (χ3v) is 5.36. The summed E-state index contributed by atoms with van der Waals surface area (Å²) in [4.78, 5) is 4.04. The first-order valence-electron chi connectivity index (χ1n) is 6.14. The number of nitrogens with zero attached hydrogens (tertiary/aromatic N) is 1. The van der Waals surface area contributed by atoms with Crippen molar-refractivity contribution in [3.8, 4) is 0 Å². The summed E-state index contributed by atoms with van der Waals surface area (Å²) in [5.74, 6) is 0. The average molecular weight is 289 g/mol. The zero-order chi connectivity index (χ0) is 13.2. The fourth-order valence-corrected chi connectivity index (χ4v) is 4.08. The molecule has 0 spiro atoms. The molecule has 0 atom stereocenters. The molecule has 18 heavy (non-hydrogen) atoms. The summed E-state index contributed by atoms with van der Waals surface area (Å²) >= 11 is 5.75. The van der Waals surface area contributed by atoms with Gasteiger partial charge < -0.3 is 0 Å². The van der Waals surface area contributed by atoms with Gasteiger partial charge in [0.25, 0.3) is 0 Å². The molecule has 1 heterocycles. The largest absolute Gasteiger partial charge is 0.281 e. The molecule has 1 fully saturated rings. The van der Waals surface area contributed by atoms with Gasteiger partial charge in [0, 0.05) is 0 Å². The van der Waals surface area contributed by atoms with Gasteiger partial charge in [0.15, 0.2) is 0 Å². The van der Waals surface area contributed by atoms with Crippen molar-refractivity contribution in [3.05, 3.63) is 23.0 Å². The van der Waals surface area contributed by atoms with Crippen LogP contribution < -0.4 is 4.72 Å². The molecular formula is C12H17ClN2O2S. The molecule has 0 saturated heterocycles. The Balaban J connectivity index is 2.16. The van der Waals surface area contributed by atoms with E-state index in [-0.39, 0.29) is 5.25 Å². The van der Waals surface area contributed by atoms with Gasteiger partial charge in [0.1, 0.15) is 5.15 Å². The van der Waals surface area contributed by atoms with Crippen LogP contribution in [0.25, 0.3) is 0 Å². The van der Waals surface area contributed by atoms with Gasteiger partial charge in [-0.25, -0.2) is 13.4 Å². The molecule has 1 aromatic rings. The zero-order valence-electron chi connectivity index (χ0n) is 10.3. The summed E-state index contributed by atoms with van der Waals surface area (Å²) in [5.41, 5.74) is 1.12. The molecule has 4 nitrogen and oxygen atoms in total. The summed E-state index contributed by atoms with van der Waals surface area (Å²) in [6.45, 7) is 1.74. The number of pyridine rings is 1. The van der Waals surface area contributed by atoms with Crippen LogP contribution in [0.2, 0.25) is 5.15 Å². The van der Waals surface area contributed by atoms with Crippen LogP contribution in [0.1, 0.15) is 37.8 Å². The van der Waals surface area contributed by atoms with Crippen molar-refractivity contribution in [1.82, 2.24) is 4.98 Å². The lowest BCUT2D eigenvalue weighted by Crippen LogP contribution is -2.30. The van der Waals surface area contributed by atoms with Gasteiger partial charge in [0.05, 0.1) is 16.6 Å². The predicted molar refractivity (Wildman–Crippen MR) is 73.4 cm³/mol. The summed E-state index contributed by atoms with van der Waals surface area (Å²) in [5, 5.41) is 0.0921. The van der Waals surface area contributed by atoms with Gasteiger partial charge in [-0.15, -0.1) is 0 Å². The standard InChI is InChI=1S/C12H17ClN2O2S/c1-9-11(7-8-12(13)14-9)15-18(16,17)10-5-3-2-4-6-10/h7-8,10,15H,2-6H2,1H3. The van der Waals surface area contributed by atoms with Gasteiger partial charge in [-0.3, -0.25) is 4.72 Å². The Kier molecular flexibility index (Phi) is 4.12. The lowest BCUT2D eigenvalue weighted by molar-refractivity contribution is 0.486. The third kappa shape index (κ3) is 3.14. The van der Waals surface area contributed by atoms with Crippen LogP contribution in [0.15, 0.2) is 12.1 Å². The molecule has 0 radical (unpaired) electrons.